The Balaban J connectivity index is 2.09. The van der Waals surface area contributed by atoms with Crippen LogP contribution in [0.1, 0.15) is 25.7 Å². The van der Waals surface area contributed by atoms with E-state index in [1.807, 2.05) is 0 Å². The third-order valence-electron chi connectivity index (χ3n) is 2.69. The molecule has 0 aromatic rings. The largest absolute Gasteiger partial charge is 0.393 e. The van der Waals surface area contributed by atoms with Crippen molar-refractivity contribution in [3.63, 3.8) is 0 Å². The summed E-state index contributed by atoms with van der Waals surface area (Å²) in [6, 6.07) is 0. The molecule has 0 heterocycles. The molecule has 2 rings (SSSR count). The highest BCUT2D eigenvalue weighted by molar-refractivity contribution is 5.00. The van der Waals surface area contributed by atoms with E-state index < -0.39 is 0 Å². The minimum absolute atomic E-state index is 0.00583. The predicted octanol–water partition coefficient (Wildman–Crippen LogP) is 1.72. The predicted molar refractivity (Wildman–Crippen MR) is 40.6 cm³/mol. The zero-order chi connectivity index (χ0) is 6.97. The van der Waals surface area contributed by atoms with E-state index in [9.17, 15) is 5.11 Å². The fourth-order valence-corrected chi connectivity index (χ4v) is 2.26. The van der Waals surface area contributed by atoms with Crippen LogP contribution in [0.25, 0.3) is 0 Å². The molecular formula is C9H14O. The smallest absolute Gasteiger partial charge is 0.0548 e. The van der Waals surface area contributed by atoms with Gasteiger partial charge in [-0.1, -0.05) is 12.2 Å². The van der Waals surface area contributed by atoms with Crippen LogP contribution in [0.15, 0.2) is 12.2 Å². The molecular weight excluding hydrogens is 124 g/mol. The van der Waals surface area contributed by atoms with Gasteiger partial charge < -0.3 is 5.11 Å². The van der Waals surface area contributed by atoms with Crippen LogP contribution in [0.2, 0.25) is 0 Å². The summed E-state index contributed by atoms with van der Waals surface area (Å²) in [6.07, 6.45) is 9.13. The minimum Gasteiger partial charge on any atom is -0.393 e. The Hall–Kier alpha value is -0.300. The van der Waals surface area contributed by atoms with Crippen LogP contribution in [0.4, 0.5) is 0 Å². The van der Waals surface area contributed by atoms with Crippen LogP contribution in [-0.4, -0.2) is 11.2 Å². The number of fused-ring (bicyclic) bond motifs is 2. The van der Waals surface area contributed by atoms with Crippen molar-refractivity contribution in [1.82, 2.24) is 0 Å². The third kappa shape index (κ3) is 1.10. The van der Waals surface area contributed by atoms with Crippen molar-refractivity contribution in [3.8, 4) is 0 Å². The van der Waals surface area contributed by atoms with Crippen molar-refractivity contribution in [2.45, 2.75) is 31.8 Å². The van der Waals surface area contributed by atoms with E-state index in [1.54, 1.807) is 0 Å². The highest BCUT2D eigenvalue weighted by Crippen LogP contribution is 2.35. The van der Waals surface area contributed by atoms with Crippen molar-refractivity contribution in [2.24, 2.45) is 11.8 Å². The standard InChI is InChI=1S/C9H14O/c10-9-5-7-2-1-3-8(4-7)6-9/h1-2,7-10H,3-6H2. The van der Waals surface area contributed by atoms with Crippen LogP contribution >= 0.6 is 0 Å². The Kier molecular flexibility index (Phi) is 1.53. The molecule has 1 N–H and O–H groups in total. The lowest BCUT2D eigenvalue weighted by molar-refractivity contribution is 0.0789. The Morgan fingerprint density at radius 2 is 2.10 bits per heavy atom. The summed E-state index contributed by atoms with van der Waals surface area (Å²) >= 11 is 0. The minimum atomic E-state index is -0.00583. The average molecular weight is 138 g/mol. The summed E-state index contributed by atoms with van der Waals surface area (Å²) < 4.78 is 0. The topological polar surface area (TPSA) is 20.2 Å². The first-order valence-corrected chi connectivity index (χ1v) is 4.19. The number of aliphatic hydroxyl groups excluding tert-OH is 1. The fourth-order valence-electron chi connectivity index (χ4n) is 2.26. The van der Waals surface area contributed by atoms with Crippen molar-refractivity contribution >= 4 is 0 Å². The zero-order valence-corrected chi connectivity index (χ0v) is 6.16. The molecule has 0 aliphatic heterocycles. The van der Waals surface area contributed by atoms with Crippen LogP contribution in [0.5, 0.6) is 0 Å². The highest BCUT2D eigenvalue weighted by atomic mass is 16.3. The van der Waals surface area contributed by atoms with Gasteiger partial charge in [0.15, 0.2) is 0 Å². The van der Waals surface area contributed by atoms with Gasteiger partial charge in [0.2, 0.25) is 0 Å². The Labute approximate surface area is 61.8 Å². The molecule has 1 heteroatoms. The van der Waals surface area contributed by atoms with Gasteiger partial charge >= 0.3 is 0 Å². The van der Waals surface area contributed by atoms with Gasteiger partial charge in [0.25, 0.3) is 0 Å². The average Bonchev–Trinajstić information content (AvgIpc) is 1.85. The lowest BCUT2D eigenvalue weighted by Crippen LogP contribution is -2.27. The fraction of sp³-hybridized carbons (Fsp3) is 0.778. The first-order valence-electron chi connectivity index (χ1n) is 4.19. The first kappa shape index (κ1) is 6.41. The summed E-state index contributed by atoms with van der Waals surface area (Å²) in [6.45, 7) is 0. The van der Waals surface area contributed by atoms with E-state index in [0.29, 0.717) is 5.92 Å². The Morgan fingerprint density at radius 1 is 1.20 bits per heavy atom. The van der Waals surface area contributed by atoms with Crippen LogP contribution in [0, 0.1) is 11.8 Å². The molecule has 2 bridgehead atoms. The zero-order valence-electron chi connectivity index (χ0n) is 6.16. The lowest BCUT2D eigenvalue weighted by Gasteiger charge is -2.33. The second kappa shape index (κ2) is 2.39. The third-order valence-corrected chi connectivity index (χ3v) is 2.69. The Morgan fingerprint density at radius 3 is 2.90 bits per heavy atom. The summed E-state index contributed by atoms with van der Waals surface area (Å²) in [4.78, 5) is 0. The molecule has 1 nitrogen and oxygen atoms in total. The molecule has 0 spiro atoms. The monoisotopic (exact) mass is 138 g/mol. The van der Waals surface area contributed by atoms with Crippen molar-refractivity contribution in [3.05, 3.63) is 12.2 Å². The first-order chi connectivity index (χ1) is 4.84. The van der Waals surface area contributed by atoms with Gasteiger partial charge in [-0.3, -0.25) is 0 Å². The van der Waals surface area contributed by atoms with Gasteiger partial charge in [0, 0.05) is 0 Å². The van der Waals surface area contributed by atoms with Gasteiger partial charge in [-0.05, 0) is 37.5 Å². The summed E-state index contributed by atoms with van der Waals surface area (Å²) in [5, 5.41) is 9.38. The summed E-state index contributed by atoms with van der Waals surface area (Å²) in [5.41, 5.74) is 0. The molecule has 3 unspecified atom stereocenters. The summed E-state index contributed by atoms with van der Waals surface area (Å²) in [5.74, 6) is 1.49. The SMILES string of the molecule is OC1CC2C=CCC(C1)C2. The molecule has 0 amide bonds. The molecule has 0 aromatic carbocycles. The summed E-state index contributed by atoms with van der Waals surface area (Å²) in [7, 11) is 0. The highest BCUT2D eigenvalue weighted by Gasteiger charge is 2.27. The molecule has 3 atom stereocenters. The second-order valence-corrected chi connectivity index (χ2v) is 3.65. The Bertz CT molecular complexity index is 151. The number of aliphatic hydroxyl groups is 1. The van der Waals surface area contributed by atoms with Gasteiger partial charge in [-0.2, -0.15) is 0 Å². The molecule has 2 aliphatic rings. The molecule has 1 fully saturated rings. The maximum absolute atomic E-state index is 9.38. The van der Waals surface area contributed by atoms with E-state index in [-0.39, 0.29) is 6.10 Å². The van der Waals surface area contributed by atoms with Crippen molar-refractivity contribution in [2.75, 3.05) is 0 Å². The van der Waals surface area contributed by atoms with Crippen LogP contribution in [0.3, 0.4) is 0 Å². The van der Waals surface area contributed by atoms with Gasteiger partial charge in [-0.25, -0.2) is 0 Å². The quantitative estimate of drug-likeness (QED) is 0.505. The van der Waals surface area contributed by atoms with E-state index >= 15 is 0 Å². The molecule has 1 saturated carbocycles. The normalized spacial score (nSPS) is 45.5. The van der Waals surface area contributed by atoms with Gasteiger partial charge in [0.1, 0.15) is 0 Å². The van der Waals surface area contributed by atoms with Crippen LogP contribution in [-0.2, 0) is 0 Å². The number of hydrogen-bond donors (Lipinski definition) is 1. The molecule has 10 heavy (non-hydrogen) atoms. The molecule has 0 saturated heterocycles. The van der Waals surface area contributed by atoms with Crippen molar-refractivity contribution in [1.29, 1.82) is 0 Å². The van der Waals surface area contributed by atoms with Crippen LogP contribution < -0.4 is 0 Å². The van der Waals surface area contributed by atoms with Gasteiger partial charge in [-0.15, -0.1) is 0 Å². The van der Waals surface area contributed by atoms with Gasteiger partial charge in [0.05, 0.1) is 6.10 Å². The lowest BCUT2D eigenvalue weighted by atomic mass is 9.75. The number of rotatable bonds is 0. The number of allylic oxidation sites excluding steroid dienone is 2. The second-order valence-electron chi connectivity index (χ2n) is 3.65. The molecule has 2 aliphatic carbocycles. The molecule has 0 aromatic heterocycles. The van der Waals surface area contributed by atoms with E-state index in [4.69, 9.17) is 0 Å². The van der Waals surface area contributed by atoms with E-state index in [2.05, 4.69) is 12.2 Å². The maximum atomic E-state index is 9.38. The maximum Gasteiger partial charge on any atom is 0.0548 e. The van der Waals surface area contributed by atoms with Crippen molar-refractivity contribution < 1.29 is 5.11 Å². The number of hydrogen-bond acceptors (Lipinski definition) is 1. The molecule has 0 radical (unpaired) electrons. The van der Waals surface area contributed by atoms with E-state index in [0.717, 1.165) is 18.8 Å². The molecule has 56 valence electrons. The van der Waals surface area contributed by atoms with E-state index in [1.165, 1.54) is 12.8 Å².